The Morgan fingerprint density at radius 3 is 2.91 bits per heavy atom. The number of furan rings is 1. The van der Waals surface area contributed by atoms with E-state index in [0.29, 0.717) is 16.9 Å². The highest BCUT2D eigenvalue weighted by Crippen LogP contribution is 2.27. The Kier molecular flexibility index (Phi) is 3.45. The number of hydrogen-bond acceptors (Lipinski definition) is 4. The number of nitrogens with zero attached hydrogens (tertiary/aromatic N) is 1. The molecule has 120 valence electrons. The number of carbonyl (C=O) groups is 2. The van der Waals surface area contributed by atoms with Crippen molar-refractivity contribution >= 4 is 22.7 Å². The van der Waals surface area contributed by atoms with Gasteiger partial charge in [0.05, 0.1) is 0 Å². The number of hydrogen-bond donors (Lipinski definition) is 1. The molecule has 1 aromatic carbocycles. The highest BCUT2D eigenvalue weighted by molar-refractivity contribution is 6.00. The van der Waals surface area contributed by atoms with Crippen LogP contribution in [0.15, 0.2) is 28.7 Å². The molecule has 2 aromatic rings. The molecule has 23 heavy (non-hydrogen) atoms. The fourth-order valence-corrected chi connectivity index (χ4v) is 3.79. The van der Waals surface area contributed by atoms with E-state index in [1.807, 2.05) is 0 Å². The fourth-order valence-electron chi connectivity index (χ4n) is 3.79. The molecule has 3 atom stereocenters. The fraction of sp³-hybridized carbons (Fsp3) is 0.444. The van der Waals surface area contributed by atoms with Crippen molar-refractivity contribution < 1.29 is 14.0 Å². The molecule has 2 saturated heterocycles. The first kappa shape index (κ1) is 14.5. The van der Waals surface area contributed by atoms with E-state index in [1.54, 1.807) is 24.3 Å². The summed E-state index contributed by atoms with van der Waals surface area (Å²) in [6.07, 6.45) is 2.33. The van der Waals surface area contributed by atoms with E-state index < -0.39 is 0 Å². The third kappa shape index (κ3) is 2.77. The molecule has 0 radical (unpaired) electrons. The molecule has 1 aromatic heterocycles. The summed E-state index contributed by atoms with van der Waals surface area (Å²) in [5, 5.41) is 3.94. The monoisotopic (exact) mass is 312 g/mol. The molecule has 2 bridgehead atoms. The van der Waals surface area contributed by atoms with Crippen molar-refractivity contribution in [3.63, 3.8) is 0 Å². The van der Waals surface area contributed by atoms with E-state index in [-0.39, 0.29) is 17.7 Å². The minimum atomic E-state index is -0.112. The SMILES string of the molecule is CC(=O)c1cc2cc(C(=O)N[C@@H]3C[C@H]4CCN(C4)C3)ccc2o1. The second kappa shape index (κ2) is 5.49. The van der Waals surface area contributed by atoms with E-state index >= 15 is 0 Å². The summed E-state index contributed by atoms with van der Waals surface area (Å²) in [7, 11) is 0. The average Bonchev–Trinajstić information content (AvgIpc) is 3.09. The van der Waals surface area contributed by atoms with E-state index in [1.165, 1.54) is 19.9 Å². The van der Waals surface area contributed by atoms with Crippen LogP contribution in [-0.4, -0.2) is 42.3 Å². The number of fused-ring (bicyclic) bond motifs is 3. The summed E-state index contributed by atoms with van der Waals surface area (Å²) in [4.78, 5) is 26.3. The van der Waals surface area contributed by atoms with Crippen LogP contribution in [0, 0.1) is 5.92 Å². The zero-order valence-electron chi connectivity index (χ0n) is 13.2. The number of ketones is 1. The number of rotatable bonds is 3. The smallest absolute Gasteiger partial charge is 0.251 e. The number of benzene rings is 1. The molecular weight excluding hydrogens is 292 g/mol. The molecule has 1 amide bonds. The highest BCUT2D eigenvalue weighted by atomic mass is 16.3. The number of Topliss-reactive ketones (excluding diaryl/α,β-unsaturated/α-hetero) is 1. The summed E-state index contributed by atoms with van der Waals surface area (Å²) in [6, 6.07) is 7.23. The van der Waals surface area contributed by atoms with Crippen LogP contribution in [0.5, 0.6) is 0 Å². The van der Waals surface area contributed by atoms with Gasteiger partial charge in [-0.3, -0.25) is 9.59 Å². The molecule has 2 fully saturated rings. The van der Waals surface area contributed by atoms with Gasteiger partial charge < -0.3 is 14.6 Å². The number of amides is 1. The number of piperidine rings is 1. The maximum Gasteiger partial charge on any atom is 0.251 e. The molecule has 1 unspecified atom stereocenters. The van der Waals surface area contributed by atoms with E-state index in [0.717, 1.165) is 30.8 Å². The molecule has 0 spiro atoms. The van der Waals surface area contributed by atoms with Gasteiger partial charge in [0.15, 0.2) is 11.5 Å². The average molecular weight is 312 g/mol. The van der Waals surface area contributed by atoms with Gasteiger partial charge in [-0.1, -0.05) is 0 Å². The first-order valence-corrected chi connectivity index (χ1v) is 8.16. The van der Waals surface area contributed by atoms with Crippen molar-refractivity contribution in [3.8, 4) is 0 Å². The molecule has 5 nitrogen and oxygen atoms in total. The van der Waals surface area contributed by atoms with Crippen LogP contribution in [0.3, 0.4) is 0 Å². The van der Waals surface area contributed by atoms with Crippen molar-refractivity contribution in [1.82, 2.24) is 10.2 Å². The van der Waals surface area contributed by atoms with E-state index in [9.17, 15) is 9.59 Å². The minimum absolute atomic E-state index is 0.0509. The summed E-state index contributed by atoms with van der Waals surface area (Å²) >= 11 is 0. The molecule has 0 aliphatic carbocycles. The maximum absolute atomic E-state index is 12.5. The maximum atomic E-state index is 12.5. The van der Waals surface area contributed by atoms with Crippen molar-refractivity contribution in [3.05, 3.63) is 35.6 Å². The predicted octanol–water partition coefficient (Wildman–Crippen LogP) is 2.46. The second-order valence-corrected chi connectivity index (χ2v) is 6.74. The zero-order chi connectivity index (χ0) is 16.0. The van der Waals surface area contributed by atoms with Gasteiger partial charge in [-0.2, -0.15) is 0 Å². The molecule has 2 aliphatic rings. The molecule has 1 N–H and O–H groups in total. The van der Waals surface area contributed by atoms with Crippen molar-refractivity contribution in [2.45, 2.75) is 25.8 Å². The molecular formula is C18H20N2O3. The second-order valence-electron chi connectivity index (χ2n) is 6.74. The van der Waals surface area contributed by atoms with Crippen LogP contribution in [-0.2, 0) is 0 Å². The highest BCUT2D eigenvalue weighted by Gasteiger charge is 2.33. The van der Waals surface area contributed by atoms with Crippen LogP contribution >= 0.6 is 0 Å². The van der Waals surface area contributed by atoms with Crippen molar-refractivity contribution in [2.24, 2.45) is 5.92 Å². The normalized spacial score (nSPS) is 26.4. The lowest BCUT2D eigenvalue weighted by molar-refractivity contribution is 0.0908. The lowest BCUT2D eigenvalue weighted by Gasteiger charge is -2.30. The Morgan fingerprint density at radius 2 is 2.13 bits per heavy atom. The Bertz CT molecular complexity index is 768. The Hall–Kier alpha value is -2.14. The lowest BCUT2D eigenvalue weighted by atomic mass is 9.96. The minimum Gasteiger partial charge on any atom is -0.453 e. The lowest BCUT2D eigenvalue weighted by Crippen LogP contribution is -2.47. The quantitative estimate of drug-likeness (QED) is 0.884. The van der Waals surface area contributed by atoms with Gasteiger partial charge in [-0.15, -0.1) is 0 Å². The first-order chi connectivity index (χ1) is 11.1. The summed E-state index contributed by atoms with van der Waals surface area (Å²) < 4.78 is 5.46. The van der Waals surface area contributed by atoms with Gasteiger partial charge in [-0.25, -0.2) is 0 Å². The molecule has 3 heterocycles. The van der Waals surface area contributed by atoms with Gasteiger partial charge in [-0.05, 0) is 49.6 Å². The third-order valence-corrected chi connectivity index (χ3v) is 4.93. The topological polar surface area (TPSA) is 62.6 Å². The summed E-state index contributed by atoms with van der Waals surface area (Å²) in [5.41, 5.74) is 1.25. The van der Waals surface area contributed by atoms with E-state index in [2.05, 4.69) is 10.2 Å². The summed E-state index contributed by atoms with van der Waals surface area (Å²) in [5.74, 6) is 0.890. The van der Waals surface area contributed by atoms with Crippen LogP contribution in [0.4, 0.5) is 0 Å². The van der Waals surface area contributed by atoms with Gasteiger partial charge in [0.1, 0.15) is 5.58 Å². The molecule has 4 rings (SSSR count). The van der Waals surface area contributed by atoms with Gasteiger partial charge >= 0.3 is 0 Å². The van der Waals surface area contributed by atoms with Crippen molar-refractivity contribution in [2.75, 3.05) is 19.6 Å². The number of carbonyl (C=O) groups excluding carboxylic acids is 2. The third-order valence-electron chi connectivity index (χ3n) is 4.93. The number of nitrogens with one attached hydrogen (secondary N) is 1. The van der Waals surface area contributed by atoms with Crippen LogP contribution in [0.2, 0.25) is 0 Å². The Labute approximate surface area is 134 Å². The molecule has 2 aliphatic heterocycles. The Balaban J connectivity index is 1.51. The van der Waals surface area contributed by atoms with Crippen molar-refractivity contribution in [1.29, 1.82) is 0 Å². The largest absolute Gasteiger partial charge is 0.453 e. The molecule has 5 heteroatoms. The summed E-state index contributed by atoms with van der Waals surface area (Å²) in [6.45, 7) is 4.76. The standard InChI is InChI=1S/C18H20N2O3/c1-11(21)17-8-14-7-13(2-3-16(14)23-17)18(22)19-15-6-12-4-5-20(9-12)10-15/h2-3,7-8,12,15H,4-6,9-10H2,1H3,(H,19,22)/t12-,15-/m1/s1. The van der Waals surface area contributed by atoms with Crippen LogP contribution in [0.1, 0.15) is 40.7 Å². The molecule has 0 saturated carbocycles. The zero-order valence-corrected chi connectivity index (χ0v) is 13.2. The van der Waals surface area contributed by atoms with Crippen LogP contribution < -0.4 is 5.32 Å². The van der Waals surface area contributed by atoms with E-state index in [4.69, 9.17) is 4.42 Å². The predicted molar refractivity (Wildman–Crippen MR) is 86.6 cm³/mol. The first-order valence-electron chi connectivity index (χ1n) is 8.16. The van der Waals surface area contributed by atoms with Crippen LogP contribution in [0.25, 0.3) is 11.0 Å². The van der Waals surface area contributed by atoms with Gasteiger partial charge in [0.25, 0.3) is 5.91 Å². The van der Waals surface area contributed by atoms with Gasteiger partial charge in [0, 0.05) is 37.0 Å². The Morgan fingerprint density at radius 1 is 1.26 bits per heavy atom. The van der Waals surface area contributed by atoms with Gasteiger partial charge in [0.2, 0.25) is 0 Å².